The molecule has 4 rings (SSSR count). The van der Waals surface area contributed by atoms with E-state index in [4.69, 9.17) is 11.5 Å². The Morgan fingerprint density at radius 3 is 2.66 bits per heavy atom. The summed E-state index contributed by atoms with van der Waals surface area (Å²) in [5.74, 6) is 1.60. The van der Waals surface area contributed by atoms with E-state index in [1.165, 1.54) is 0 Å². The number of nitrogen functional groups attached to an aromatic ring is 2. The normalized spacial score (nSPS) is 19.3. The molecular formula is C22H30N8O2. The predicted octanol–water partition coefficient (Wildman–Crippen LogP) is 3.18. The third-order valence-electron chi connectivity index (χ3n) is 5.87. The third kappa shape index (κ3) is 4.12. The second-order valence-corrected chi connectivity index (χ2v) is 9.56. The largest absolute Gasteiger partial charge is 0.465 e. The molecule has 170 valence electrons. The summed E-state index contributed by atoms with van der Waals surface area (Å²) in [6, 6.07) is 7.49. The molecule has 0 spiro atoms. The average molecular weight is 439 g/mol. The zero-order valence-corrected chi connectivity index (χ0v) is 18.8. The van der Waals surface area contributed by atoms with Crippen molar-refractivity contribution >= 4 is 34.6 Å². The predicted molar refractivity (Wildman–Crippen MR) is 125 cm³/mol. The summed E-state index contributed by atoms with van der Waals surface area (Å²) in [4.78, 5) is 24.6. The molecule has 32 heavy (non-hydrogen) atoms. The van der Waals surface area contributed by atoms with E-state index < -0.39 is 11.6 Å². The number of benzene rings is 1. The van der Waals surface area contributed by atoms with Gasteiger partial charge in [-0.2, -0.15) is 10.1 Å². The Bertz CT molecular complexity index is 1150. The summed E-state index contributed by atoms with van der Waals surface area (Å²) < 4.78 is 0. The quantitative estimate of drug-likeness (QED) is 0.487. The molecule has 3 aromatic rings. The van der Waals surface area contributed by atoms with Crippen LogP contribution in [0.2, 0.25) is 0 Å². The minimum atomic E-state index is -0.911. The number of nitrogens with one attached hydrogen (secondary N) is 1. The molecule has 0 aliphatic carbocycles. The first-order valence-corrected chi connectivity index (χ1v) is 10.7. The van der Waals surface area contributed by atoms with Gasteiger partial charge in [-0.3, -0.25) is 10.00 Å². The molecular weight excluding hydrogens is 408 g/mol. The van der Waals surface area contributed by atoms with Crippen molar-refractivity contribution in [3.8, 4) is 11.3 Å². The fraction of sp³-hybridized carbons (Fsp3) is 0.455. The first-order valence-electron chi connectivity index (χ1n) is 10.7. The van der Waals surface area contributed by atoms with E-state index in [9.17, 15) is 9.90 Å². The first-order chi connectivity index (χ1) is 15.0. The number of H-pyrrole nitrogens is 1. The molecule has 0 unspecified atom stereocenters. The van der Waals surface area contributed by atoms with E-state index in [1.807, 2.05) is 45.0 Å². The van der Waals surface area contributed by atoms with Crippen molar-refractivity contribution in [3.63, 3.8) is 0 Å². The zero-order valence-electron chi connectivity index (χ0n) is 18.8. The molecule has 3 heterocycles. The van der Waals surface area contributed by atoms with E-state index in [0.717, 1.165) is 29.4 Å². The number of rotatable bonds is 3. The van der Waals surface area contributed by atoms with Crippen LogP contribution in [0.15, 0.2) is 24.3 Å². The molecule has 2 atom stereocenters. The Hall–Kier alpha value is -3.56. The van der Waals surface area contributed by atoms with Gasteiger partial charge in [0.1, 0.15) is 5.82 Å². The molecule has 1 aliphatic heterocycles. The molecule has 1 saturated heterocycles. The van der Waals surface area contributed by atoms with Crippen molar-refractivity contribution in [2.75, 3.05) is 29.5 Å². The molecule has 1 fully saturated rings. The number of piperidine rings is 1. The summed E-state index contributed by atoms with van der Waals surface area (Å²) in [6.45, 7) is 9.20. The van der Waals surface area contributed by atoms with Crippen molar-refractivity contribution in [2.45, 2.75) is 45.7 Å². The topological polar surface area (TPSA) is 150 Å². The number of hydrogen-bond donors (Lipinski definition) is 4. The molecule has 6 N–H and O–H groups in total. The first kappa shape index (κ1) is 21.7. The Labute approximate surface area is 186 Å². The lowest BCUT2D eigenvalue weighted by molar-refractivity contribution is 0.0587. The Kier molecular flexibility index (Phi) is 5.31. The molecule has 10 nitrogen and oxygen atoms in total. The Balaban J connectivity index is 1.68. The number of nitrogens with two attached hydrogens (primary N) is 2. The molecule has 1 amide bonds. The number of anilines is 3. The molecule has 1 aliphatic rings. The summed E-state index contributed by atoms with van der Waals surface area (Å²) in [5.41, 5.74) is 13.8. The van der Waals surface area contributed by atoms with E-state index in [2.05, 4.69) is 32.0 Å². The molecule has 2 aromatic heterocycles. The number of carbonyl (C=O) groups is 1. The SMILES string of the molecule is C[C@@H]1C[C@@H](N(C(=O)O)C(C)(C)C)CN(c2cc(-c3ccc4c(N)n[nH]c4c3)nc(N)n2)C1. The van der Waals surface area contributed by atoms with Crippen LogP contribution in [-0.4, -0.2) is 60.9 Å². The van der Waals surface area contributed by atoms with Crippen molar-refractivity contribution in [1.29, 1.82) is 0 Å². The second kappa shape index (κ2) is 7.85. The maximum Gasteiger partial charge on any atom is 0.408 e. The molecule has 0 bridgehead atoms. The highest BCUT2D eigenvalue weighted by molar-refractivity contribution is 5.91. The number of carboxylic acid groups (broad SMARTS) is 1. The maximum absolute atomic E-state index is 12.0. The Morgan fingerprint density at radius 1 is 1.22 bits per heavy atom. The van der Waals surface area contributed by atoms with Gasteiger partial charge in [0.25, 0.3) is 0 Å². The number of nitrogens with zero attached hydrogens (tertiary/aromatic N) is 5. The molecule has 0 radical (unpaired) electrons. The number of aromatic amines is 1. The summed E-state index contributed by atoms with van der Waals surface area (Å²) in [7, 11) is 0. The van der Waals surface area contributed by atoms with Crippen LogP contribution in [0.25, 0.3) is 22.2 Å². The van der Waals surface area contributed by atoms with Gasteiger partial charge in [-0.05, 0) is 45.2 Å². The maximum atomic E-state index is 12.0. The molecule has 0 saturated carbocycles. The second-order valence-electron chi connectivity index (χ2n) is 9.56. The fourth-order valence-electron chi connectivity index (χ4n) is 4.65. The zero-order chi connectivity index (χ0) is 23.2. The van der Waals surface area contributed by atoms with Gasteiger partial charge in [0.15, 0.2) is 5.82 Å². The van der Waals surface area contributed by atoms with E-state index >= 15 is 0 Å². The number of hydrogen-bond acceptors (Lipinski definition) is 7. The van der Waals surface area contributed by atoms with Gasteiger partial charge >= 0.3 is 6.09 Å². The van der Waals surface area contributed by atoms with Crippen LogP contribution < -0.4 is 16.4 Å². The van der Waals surface area contributed by atoms with Crippen LogP contribution in [0, 0.1) is 5.92 Å². The van der Waals surface area contributed by atoms with Crippen LogP contribution >= 0.6 is 0 Å². The van der Waals surface area contributed by atoms with Crippen molar-refractivity contribution in [2.24, 2.45) is 5.92 Å². The van der Waals surface area contributed by atoms with Gasteiger partial charge in [0.05, 0.1) is 17.3 Å². The number of aromatic nitrogens is 4. The van der Waals surface area contributed by atoms with Crippen LogP contribution in [0.4, 0.5) is 22.4 Å². The highest BCUT2D eigenvalue weighted by Gasteiger charge is 2.38. The van der Waals surface area contributed by atoms with E-state index in [-0.39, 0.29) is 12.0 Å². The van der Waals surface area contributed by atoms with Gasteiger partial charge in [-0.15, -0.1) is 0 Å². The van der Waals surface area contributed by atoms with Crippen LogP contribution in [0.1, 0.15) is 34.1 Å². The lowest BCUT2D eigenvalue weighted by atomic mass is 9.92. The van der Waals surface area contributed by atoms with Crippen LogP contribution in [-0.2, 0) is 0 Å². The van der Waals surface area contributed by atoms with Gasteiger partial charge < -0.3 is 21.5 Å². The Morgan fingerprint density at radius 2 is 1.97 bits per heavy atom. The van der Waals surface area contributed by atoms with Crippen LogP contribution in [0.3, 0.4) is 0 Å². The highest BCUT2D eigenvalue weighted by atomic mass is 16.4. The summed E-state index contributed by atoms with van der Waals surface area (Å²) in [6.07, 6.45) is -0.114. The van der Waals surface area contributed by atoms with Gasteiger partial charge in [0, 0.05) is 35.6 Å². The third-order valence-corrected chi connectivity index (χ3v) is 5.87. The highest BCUT2D eigenvalue weighted by Crippen LogP contribution is 2.31. The minimum Gasteiger partial charge on any atom is -0.465 e. The van der Waals surface area contributed by atoms with Gasteiger partial charge in [-0.25, -0.2) is 9.78 Å². The van der Waals surface area contributed by atoms with Crippen molar-refractivity contribution in [1.82, 2.24) is 25.1 Å². The van der Waals surface area contributed by atoms with Crippen molar-refractivity contribution in [3.05, 3.63) is 24.3 Å². The number of fused-ring (bicyclic) bond motifs is 1. The van der Waals surface area contributed by atoms with Crippen molar-refractivity contribution < 1.29 is 9.90 Å². The fourth-order valence-corrected chi connectivity index (χ4v) is 4.65. The number of amides is 1. The monoisotopic (exact) mass is 438 g/mol. The molecule has 1 aromatic carbocycles. The lowest BCUT2D eigenvalue weighted by Crippen LogP contribution is -2.58. The van der Waals surface area contributed by atoms with E-state index in [0.29, 0.717) is 29.8 Å². The average Bonchev–Trinajstić information content (AvgIpc) is 3.06. The standard InChI is InChI=1S/C22H30N8O2/c1-12-7-14(30(21(31)32)22(2,3)4)11-29(10-12)18-9-16(25-20(24)26-18)13-5-6-15-17(8-13)27-28-19(15)23/h5-6,8-9,12,14H,7,10-11H2,1-4H3,(H,31,32)(H3,23,27,28)(H2,24,25,26)/t12-,14-/m1/s1. The minimum absolute atomic E-state index is 0.153. The van der Waals surface area contributed by atoms with Gasteiger partial charge in [-0.1, -0.05) is 13.0 Å². The lowest BCUT2D eigenvalue weighted by Gasteiger charge is -2.46. The molecule has 10 heteroatoms. The smallest absolute Gasteiger partial charge is 0.408 e. The summed E-state index contributed by atoms with van der Waals surface area (Å²) >= 11 is 0. The summed E-state index contributed by atoms with van der Waals surface area (Å²) in [5, 5.41) is 17.7. The van der Waals surface area contributed by atoms with E-state index in [1.54, 1.807) is 4.90 Å². The van der Waals surface area contributed by atoms with Gasteiger partial charge in [0.2, 0.25) is 5.95 Å². The van der Waals surface area contributed by atoms with Crippen LogP contribution in [0.5, 0.6) is 0 Å².